The molecule has 1 N–H and O–H groups in total. The minimum Gasteiger partial charge on any atom is -0.457 e. The summed E-state index contributed by atoms with van der Waals surface area (Å²) in [6, 6.07) is 23.2. The molecule has 4 aromatic carbocycles. The molecule has 3 amide bonds. The van der Waals surface area contributed by atoms with E-state index in [-0.39, 0.29) is 16.7 Å². The molecular formula is C31H23ClN2O6. The highest BCUT2D eigenvalue weighted by Crippen LogP contribution is 2.31. The third-order valence-corrected chi connectivity index (χ3v) is 6.64. The van der Waals surface area contributed by atoms with Crippen LogP contribution >= 0.6 is 11.6 Å². The zero-order chi connectivity index (χ0) is 28.4. The van der Waals surface area contributed by atoms with E-state index in [0.29, 0.717) is 27.9 Å². The van der Waals surface area contributed by atoms with Gasteiger partial charge in [0.1, 0.15) is 11.5 Å². The number of anilines is 2. The molecule has 9 heteroatoms. The number of aryl methyl sites for hydroxylation is 2. The number of benzene rings is 4. The minimum absolute atomic E-state index is 0.0369. The lowest BCUT2D eigenvalue weighted by molar-refractivity contribution is -0.119. The average Bonchev–Trinajstić information content (AvgIpc) is 3.19. The zero-order valence-electron chi connectivity index (χ0n) is 21.6. The third kappa shape index (κ3) is 5.57. The fourth-order valence-corrected chi connectivity index (χ4v) is 4.34. The number of carbonyl (C=O) groups is 4. The molecule has 0 spiro atoms. The highest BCUT2D eigenvalue weighted by molar-refractivity contribution is 6.34. The first kappa shape index (κ1) is 26.6. The molecule has 0 fully saturated rings. The van der Waals surface area contributed by atoms with E-state index in [9.17, 15) is 19.2 Å². The van der Waals surface area contributed by atoms with Crippen LogP contribution in [0.4, 0.5) is 11.4 Å². The highest BCUT2D eigenvalue weighted by Gasteiger charge is 2.37. The van der Waals surface area contributed by atoms with Crippen molar-refractivity contribution in [1.82, 2.24) is 0 Å². The van der Waals surface area contributed by atoms with Gasteiger partial charge >= 0.3 is 5.97 Å². The summed E-state index contributed by atoms with van der Waals surface area (Å²) in [5.41, 5.74) is 3.01. The minimum atomic E-state index is -0.809. The van der Waals surface area contributed by atoms with Gasteiger partial charge in [0.2, 0.25) is 0 Å². The van der Waals surface area contributed by atoms with Crippen LogP contribution < -0.4 is 15.0 Å². The first-order chi connectivity index (χ1) is 19.2. The molecular weight excluding hydrogens is 532 g/mol. The Kier molecular flexibility index (Phi) is 7.35. The van der Waals surface area contributed by atoms with Crippen molar-refractivity contribution < 1.29 is 28.7 Å². The van der Waals surface area contributed by atoms with E-state index >= 15 is 0 Å². The Morgan fingerprint density at radius 3 is 2.30 bits per heavy atom. The van der Waals surface area contributed by atoms with Gasteiger partial charge in [0.25, 0.3) is 17.7 Å². The fraction of sp³-hybridized carbons (Fsp3) is 0.0968. The summed E-state index contributed by atoms with van der Waals surface area (Å²) in [5, 5.41) is 3.09. The van der Waals surface area contributed by atoms with Gasteiger partial charge in [-0.05, 0) is 91.7 Å². The third-order valence-electron chi connectivity index (χ3n) is 6.23. The summed E-state index contributed by atoms with van der Waals surface area (Å²) < 4.78 is 11.0. The largest absolute Gasteiger partial charge is 0.457 e. The number of halogens is 1. The number of ether oxygens (including phenoxy) is 2. The molecule has 0 aliphatic carbocycles. The van der Waals surface area contributed by atoms with Crippen LogP contribution in [0.1, 0.15) is 42.2 Å². The van der Waals surface area contributed by atoms with Crippen LogP contribution in [-0.2, 0) is 9.53 Å². The van der Waals surface area contributed by atoms with Crippen LogP contribution in [0.25, 0.3) is 0 Å². The molecule has 40 heavy (non-hydrogen) atoms. The Morgan fingerprint density at radius 2 is 1.57 bits per heavy atom. The molecule has 0 radical (unpaired) electrons. The maximum absolute atomic E-state index is 13.2. The van der Waals surface area contributed by atoms with Crippen molar-refractivity contribution in [3.8, 4) is 11.5 Å². The maximum Gasteiger partial charge on any atom is 0.338 e. The second-order valence-corrected chi connectivity index (χ2v) is 9.61. The molecule has 0 saturated heterocycles. The lowest BCUT2D eigenvalue weighted by atomic mass is 10.1. The molecule has 1 heterocycles. The molecule has 0 unspecified atom stereocenters. The zero-order valence-corrected chi connectivity index (χ0v) is 22.3. The van der Waals surface area contributed by atoms with Crippen LogP contribution in [0.3, 0.4) is 0 Å². The molecule has 8 nitrogen and oxygen atoms in total. The summed E-state index contributed by atoms with van der Waals surface area (Å²) in [6.45, 7) is 3.25. The normalized spacial score (nSPS) is 12.2. The first-order valence-electron chi connectivity index (χ1n) is 12.3. The molecule has 1 aliphatic heterocycles. The summed E-state index contributed by atoms with van der Waals surface area (Å²) in [6.07, 6.45) is 0. The van der Waals surface area contributed by atoms with E-state index in [1.807, 2.05) is 38.1 Å². The summed E-state index contributed by atoms with van der Waals surface area (Å²) >= 11 is 6.07. The van der Waals surface area contributed by atoms with Gasteiger partial charge in [-0.1, -0.05) is 29.8 Å². The number of carbonyl (C=O) groups excluding carboxylic acids is 4. The predicted octanol–water partition coefficient (Wildman–Crippen LogP) is 6.35. The van der Waals surface area contributed by atoms with E-state index in [1.54, 1.807) is 42.5 Å². The number of rotatable bonds is 7. The van der Waals surface area contributed by atoms with Crippen LogP contribution in [0.15, 0.2) is 84.9 Å². The maximum atomic E-state index is 13.2. The molecule has 5 rings (SSSR count). The van der Waals surface area contributed by atoms with Crippen LogP contribution in [0, 0.1) is 13.8 Å². The van der Waals surface area contributed by atoms with Crippen LogP contribution in [0.5, 0.6) is 11.5 Å². The van der Waals surface area contributed by atoms with Crippen molar-refractivity contribution in [3.05, 3.63) is 118 Å². The van der Waals surface area contributed by atoms with E-state index in [0.717, 1.165) is 16.0 Å². The molecule has 200 valence electrons. The molecule has 1 aliphatic rings. The number of nitrogens with zero attached hydrogens (tertiary/aromatic N) is 1. The molecule has 0 atom stereocenters. The van der Waals surface area contributed by atoms with Crippen molar-refractivity contribution in [2.45, 2.75) is 13.8 Å². The van der Waals surface area contributed by atoms with Gasteiger partial charge in [-0.3, -0.25) is 14.4 Å². The molecule has 0 aromatic heterocycles. The summed E-state index contributed by atoms with van der Waals surface area (Å²) in [5.74, 6) is -1.23. The Hall–Kier alpha value is -4.95. The number of fused-ring (bicyclic) bond motifs is 1. The smallest absolute Gasteiger partial charge is 0.338 e. The number of esters is 1. The van der Waals surface area contributed by atoms with Crippen molar-refractivity contribution >= 4 is 46.7 Å². The van der Waals surface area contributed by atoms with Gasteiger partial charge in [-0.2, -0.15) is 0 Å². The lowest BCUT2D eigenvalue weighted by Crippen LogP contribution is -2.29. The Bertz CT molecular complexity index is 1670. The second kappa shape index (κ2) is 11.0. The number of amides is 3. The topological polar surface area (TPSA) is 102 Å². The SMILES string of the molecule is Cc1cccc(Oc2ccc(N3C(=O)c4ccc(C(=O)OCC(=O)Nc5ccc(C)c(Cl)c5)cc4C3=O)cc2)c1. The van der Waals surface area contributed by atoms with Crippen molar-refractivity contribution in [3.63, 3.8) is 0 Å². The molecule has 0 saturated carbocycles. The van der Waals surface area contributed by atoms with Crippen molar-refractivity contribution in [2.75, 3.05) is 16.8 Å². The lowest BCUT2D eigenvalue weighted by Gasteiger charge is -2.14. The number of imide groups is 1. The van der Waals surface area contributed by atoms with Crippen molar-refractivity contribution in [1.29, 1.82) is 0 Å². The number of nitrogens with one attached hydrogen (secondary N) is 1. The quantitative estimate of drug-likeness (QED) is 0.211. The van der Waals surface area contributed by atoms with Gasteiger partial charge in [0, 0.05) is 10.7 Å². The Balaban J connectivity index is 1.24. The van der Waals surface area contributed by atoms with Crippen LogP contribution in [-0.4, -0.2) is 30.3 Å². The van der Waals surface area contributed by atoms with Gasteiger partial charge in [0.05, 0.1) is 22.4 Å². The summed E-state index contributed by atoms with van der Waals surface area (Å²) in [7, 11) is 0. The van der Waals surface area contributed by atoms with Crippen molar-refractivity contribution in [2.24, 2.45) is 0 Å². The van der Waals surface area contributed by atoms with Crippen LogP contribution in [0.2, 0.25) is 5.02 Å². The highest BCUT2D eigenvalue weighted by atomic mass is 35.5. The molecule has 0 bridgehead atoms. The Morgan fingerprint density at radius 1 is 0.825 bits per heavy atom. The molecule has 4 aromatic rings. The van der Waals surface area contributed by atoms with E-state index in [1.165, 1.54) is 18.2 Å². The van der Waals surface area contributed by atoms with Gasteiger partial charge in [-0.15, -0.1) is 0 Å². The van der Waals surface area contributed by atoms with Gasteiger partial charge in [0.15, 0.2) is 6.61 Å². The Labute approximate surface area is 235 Å². The summed E-state index contributed by atoms with van der Waals surface area (Å²) in [4.78, 5) is 52.1. The number of hydrogen-bond acceptors (Lipinski definition) is 6. The van der Waals surface area contributed by atoms with Gasteiger partial charge < -0.3 is 14.8 Å². The monoisotopic (exact) mass is 554 g/mol. The standard InChI is InChI=1S/C31H23ClN2O6/c1-18-4-3-5-24(14-18)40-23-11-9-22(10-12-23)34-29(36)25-13-7-20(15-26(25)30(34)37)31(38)39-17-28(35)33-21-8-6-19(2)27(32)16-21/h3-16H,17H2,1-2H3,(H,33,35). The average molecular weight is 555 g/mol. The van der Waals surface area contributed by atoms with E-state index in [2.05, 4.69) is 5.32 Å². The second-order valence-electron chi connectivity index (χ2n) is 9.21. The van der Waals surface area contributed by atoms with E-state index in [4.69, 9.17) is 21.1 Å². The fourth-order valence-electron chi connectivity index (χ4n) is 4.16. The predicted molar refractivity (Wildman–Crippen MR) is 150 cm³/mol. The van der Waals surface area contributed by atoms with Gasteiger partial charge in [-0.25, -0.2) is 9.69 Å². The number of hydrogen-bond donors (Lipinski definition) is 1. The van der Waals surface area contributed by atoms with E-state index < -0.39 is 30.3 Å². The first-order valence-corrected chi connectivity index (χ1v) is 12.7.